The van der Waals surface area contributed by atoms with Crippen LogP contribution in [0.15, 0.2) is 211 Å². The third-order valence-corrected chi connectivity index (χ3v) is 12.3. The standard InChI is InChI=1S/C56H34N4O/c1-3-13-35(14-4-1)36-23-27-39(28-24-36)59-47-21-11-8-17-41(47)42-31-33-48-51(54(42)59)45-32-34-50-52(44-19-9-12-22-49(44)61-50)55(45)60(48)40-29-25-38(26-30-40)56-57-46-20-10-7-18-43(46)53(58-56)37-15-5-2-6-16-37/h1-34H. The summed E-state index contributed by atoms with van der Waals surface area (Å²) in [5.41, 5.74) is 14.7. The van der Waals surface area contributed by atoms with Gasteiger partial charge < -0.3 is 13.6 Å². The van der Waals surface area contributed by atoms with Gasteiger partial charge in [-0.3, -0.25) is 0 Å². The average molecular weight is 779 g/mol. The van der Waals surface area contributed by atoms with Gasteiger partial charge >= 0.3 is 0 Å². The van der Waals surface area contributed by atoms with Crippen molar-refractivity contribution in [3.05, 3.63) is 206 Å². The molecule has 0 radical (unpaired) electrons. The van der Waals surface area contributed by atoms with Gasteiger partial charge in [-0.2, -0.15) is 0 Å². The molecule has 13 aromatic rings. The number of aromatic nitrogens is 4. The van der Waals surface area contributed by atoms with Crippen LogP contribution in [0.3, 0.4) is 0 Å². The highest BCUT2D eigenvalue weighted by atomic mass is 16.3. The summed E-state index contributed by atoms with van der Waals surface area (Å²) in [6, 6.07) is 73.1. The van der Waals surface area contributed by atoms with Crippen LogP contribution in [-0.2, 0) is 0 Å². The van der Waals surface area contributed by atoms with Crippen LogP contribution in [0.2, 0.25) is 0 Å². The largest absolute Gasteiger partial charge is 0.456 e. The lowest BCUT2D eigenvalue weighted by molar-refractivity contribution is 0.669. The van der Waals surface area contributed by atoms with Crippen LogP contribution >= 0.6 is 0 Å². The lowest BCUT2D eigenvalue weighted by Gasteiger charge is -2.12. The Bertz CT molecular complexity index is 3840. The normalized spacial score (nSPS) is 11.9. The fourth-order valence-electron chi connectivity index (χ4n) is 9.60. The minimum atomic E-state index is 0.694. The highest BCUT2D eigenvalue weighted by molar-refractivity contribution is 6.31. The summed E-state index contributed by atoms with van der Waals surface area (Å²) in [5.74, 6) is 0.694. The summed E-state index contributed by atoms with van der Waals surface area (Å²) >= 11 is 0. The van der Waals surface area contributed by atoms with Crippen LogP contribution in [0, 0.1) is 0 Å². The maximum absolute atomic E-state index is 6.55. The molecule has 0 N–H and O–H groups in total. The van der Waals surface area contributed by atoms with E-state index in [0.717, 1.165) is 72.1 Å². The predicted octanol–water partition coefficient (Wildman–Crippen LogP) is 14.7. The quantitative estimate of drug-likeness (QED) is 0.175. The minimum Gasteiger partial charge on any atom is -0.456 e. The highest BCUT2D eigenvalue weighted by Gasteiger charge is 2.24. The van der Waals surface area contributed by atoms with E-state index in [2.05, 4.69) is 191 Å². The molecule has 0 saturated heterocycles. The van der Waals surface area contributed by atoms with Crippen molar-refractivity contribution in [1.82, 2.24) is 19.1 Å². The maximum atomic E-state index is 6.55. The van der Waals surface area contributed by atoms with E-state index in [-0.39, 0.29) is 0 Å². The van der Waals surface area contributed by atoms with Crippen LogP contribution < -0.4 is 0 Å². The molecular formula is C56H34N4O. The molecule has 0 unspecified atom stereocenters. The van der Waals surface area contributed by atoms with E-state index in [9.17, 15) is 0 Å². The second-order valence-electron chi connectivity index (χ2n) is 15.7. The lowest BCUT2D eigenvalue weighted by atomic mass is 10.0. The Balaban J connectivity index is 1.08. The van der Waals surface area contributed by atoms with Crippen molar-refractivity contribution in [2.75, 3.05) is 0 Å². The molecule has 0 fully saturated rings. The molecule has 284 valence electrons. The summed E-state index contributed by atoms with van der Waals surface area (Å²) in [5, 5.41) is 8.02. The van der Waals surface area contributed by atoms with Gasteiger partial charge in [0.1, 0.15) is 11.2 Å². The van der Waals surface area contributed by atoms with Crippen LogP contribution in [0.1, 0.15) is 0 Å². The molecule has 61 heavy (non-hydrogen) atoms. The van der Waals surface area contributed by atoms with Crippen molar-refractivity contribution in [2.45, 2.75) is 0 Å². The molecule has 0 spiro atoms. The third-order valence-electron chi connectivity index (χ3n) is 12.3. The molecule has 4 aromatic heterocycles. The first-order valence-corrected chi connectivity index (χ1v) is 20.7. The Morgan fingerprint density at radius 2 is 0.902 bits per heavy atom. The van der Waals surface area contributed by atoms with Gasteiger partial charge in [0.25, 0.3) is 0 Å². The summed E-state index contributed by atoms with van der Waals surface area (Å²) in [4.78, 5) is 10.3. The van der Waals surface area contributed by atoms with Crippen molar-refractivity contribution in [3.63, 3.8) is 0 Å². The zero-order chi connectivity index (χ0) is 40.0. The van der Waals surface area contributed by atoms with Gasteiger partial charge in [0, 0.05) is 54.8 Å². The summed E-state index contributed by atoms with van der Waals surface area (Å²) in [7, 11) is 0. The SMILES string of the molecule is c1ccc(-c2ccc(-n3c4ccccc4c4ccc5c(c6ccc7oc8ccccc8c7c6n5-c5ccc(-c6nc(-c7ccccc7)c7ccccc7n6)cc5)c43)cc2)cc1. The number of hydrogen-bond donors (Lipinski definition) is 0. The molecule has 5 heteroatoms. The molecule has 0 aliphatic heterocycles. The molecule has 9 aromatic carbocycles. The summed E-state index contributed by atoms with van der Waals surface area (Å²) < 4.78 is 11.4. The Kier molecular flexibility index (Phi) is 7.24. The number of benzene rings is 9. The van der Waals surface area contributed by atoms with E-state index in [1.807, 2.05) is 24.3 Å². The molecule has 13 rings (SSSR count). The number of hydrogen-bond acceptors (Lipinski definition) is 3. The van der Waals surface area contributed by atoms with Crippen LogP contribution in [0.5, 0.6) is 0 Å². The zero-order valence-electron chi connectivity index (χ0n) is 32.8. The predicted molar refractivity (Wildman–Crippen MR) is 252 cm³/mol. The van der Waals surface area contributed by atoms with Crippen molar-refractivity contribution < 1.29 is 4.42 Å². The maximum Gasteiger partial charge on any atom is 0.160 e. The monoisotopic (exact) mass is 778 g/mol. The Labute approximate surface area is 350 Å². The van der Waals surface area contributed by atoms with E-state index in [0.29, 0.717) is 5.82 Å². The number of furan rings is 1. The lowest BCUT2D eigenvalue weighted by Crippen LogP contribution is -1.97. The van der Waals surface area contributed by atoms with E-state index < -0.39 is 0 Å². The molecule has 0 amide bonds. The van der Waals surface area contributed by atoms with Crippen LogP contribution in [0.4, 0.5) is 0 Å². The second-order valence-corrected chi connectivity index (χ2v) is 15.7. The van der Waals surface area contributed by atoms with Gasteiger partial charge in [0.2, 0.25) is 0 Å². The zero-order valence-corrected chi connectivity index (χ0v) is 32.8. The first-order chi connectivity index (χ1) is 30.3. The highest BCUT2D eigenvalue weighted by Crippen LogP contribution is 2.46. The molecule has 0 aliphatic carbocycles. The summed E-state index contributed by atoms with van der Waals surface area (Å²) in [6.45, 7) is 0. The van der Waals surface area contributed by atoms with Gasteiger partial charge in [-0.05, 0) is 83.9 Å². The smallest absolute Gasteiger partial charge is 0.160 e. The Morgan fingerprint density at radius 3 is 1.67 bits per heavy atom. The average Bonchev–Trinajstić information content (AvgIpc) is 3.99. The van der Waals surface area contributed by atoms with Gasteiger partial charge in [0.15, 0.2) is 5.82 Å². The minimum absolute atomic E-state index is 0.694. The van der Waals surface area contributed by atoms with Crippen molar-refractivity contribution in [2.24, 2.45) is 0 Å². The van der Waals surface area contributed by atoms with Gasteiger partial charge in [-0.1, -0.05) is 133 Å². The topological polar surface area (TPSA) is 48.8 Å². The summed E-state index contributed by atoms with van der Waals surface area (Å²) in [6.07, 6.45) is 0. The number of nitrogens with zero attached hydrogens (tertiary/aromatic N) is 4. The van der Waals surface area contributed by atoms with E-state index in [4.69, 9.17) is 14.4 Å². The van der Waals surface area contributed by atoms with Crippen LogP contribution in [-0.4, -0.2) is 19.1 Å². The van der Waals surface area contributed by atoms with Crippen LogP contribution in [0.25, 0.3) is 122 Å². The fraction of sp³-hybridized carbons (Fsp3) is 0. The van der Waals surface area contributed by atoms with Gasteiger partial charge in [0.05, 0.1) is 38.7 Å². The number of fused-ring (bicyclic) bond motifs is 12. The van der Waals surface area contributed by atoms with Gasteiger partial charge in [-0.15, -0.1) is 0 Å². The van der Waals surface area contributed by atoms with E-state index in [1.54, 1.807) is 0 Å². The molecule has 0 saturated carbocycles. The van der Waals surface area contributed by atoms with Crippen molar-refractivity contribution in [3.8, 4) is 45.1 Å². The Morgan fingerprint density at radius 1 is 0.328 bits per heavy atom. The van der Waals surface area contributed by atoms with Gasteiger partial charge in [-0.25, -0.2) is 9.97 Å². The van der Waals surface area contributed by atoms with Crippen molar-refractivity contribution in [1.29, 1.82) is 0 Å². The van der Waals surface area contributed by atoms with E-state index >= 15 is 0 Å². The van der Waals surface area contributed by atoms with E-state index in [1.165, 1.54) is 43.7 Å². The molecule has 0 aliphatic rings. The third kappa shape index (κ3) is 5.08. The van der Waals surface area contributed by atoms with Crippen molar-refractivity contribution >= 4 is 76.5 Å². The number of rotatable bonds is 5. The Hall–Kier alpha value is -8.28. The molecule has 0 atom stereocenters. The number of para-hydroxylation sites is 3. The molecule has 4 heterocycles. The molecule has 0 bridgehead atoms. The molecular weight excluding hydrogens is 745 g/mol. The first kappa shape index (κ1) is 33.7. The second kappa shape index (κ2) is 13.1. The first-order valence-electron chi connectivity index (χ1n) is 20.7. The molecule has 5 nitrogen and oxygen atoms in total. The fourth-order valence-corrected chi connectivity index (χ4v) is 9.60.